The van der Waals surface area contributed by atoms with E-state index in [4.69, 9.17) is 5.11 Å². The van der Waals surface area contributed by atoms with E-state index >= 15 is 0 Å². The Labute approximate surface area is 111 Å². The lowest BCUT2D eigenvalue weighted by atomic mass is 10.2. The predicted molar refractivity (Wildman–Crippen MR) is 70.0 cm³/mol. The Morgan fingerprint density at radius 2 is 2.37 bits per heavy atom. The van der Waals surface area contributed by atoms with Gasteiger partial charge in [0.25, 0.3) is 5.91 Å². The number of aromatic nitrogens is 3. The summed E-state index contributed by atoms with van der Waals surface area (Å²) in [5.41, 5.74) is 0.468. The van der Waals surface area contributed by atoms with E-state index in [-0.39, 0.29) is 18.6 Å². The molecular formula is C13H16N4O2. The van der Waals surface area contributed by atoms with Gasteiger partial charge in [0.1, 0.15) is 12.1 Å². The zero-order valence-corrected chi connectivity index (χ0v) is 10.7. The fraction of sp³-hybridized carbons (Fsp3) is 0.308. The highest BCUT2D eigenvalue weighted by Gasteiger charge is 2.11. The largest absolute Gasteiger partial charge is 0.394 e. The molecule has 19 heavy (non-hydrogen) atoms. The Balaban J connectivity index is 2.08. The molecule has 0 aromatic carbocycles. The molecule has 6 heteroatoms. The predicted octanol–water partition coefficient (Wildman–Crippen LogP) is 0.768. The van der Waals surface area contributed by atoms with E-state index in [1.165, 1.54) is 6.20 Å². The second-order valence-corrected chi connectivity index (χ2v) is 4.14. The van der Waals surface area contributed by atoms with Crippen LogP contribution in [0.5, 0.6) is 0 Å². The number of hydrogen-bond acceptors (Lipinski definition) is 4. The van der Waals surface area contributed by atoms with Crippen LogP contribution in [0.3, 0.4) is 0 Å². The van der Waals surface area contributed by atoms with Gasteiger partial charge in [0.2, 0.25) is 0 Å². The standard InChI is InChI=1S/C13H16N4O2/c1-2-11(8-18)16-13(19)10-3-4-12(15-7-10)17-6-5-14-9-17/h3-7,9,11,18H,2,8H2,1H3,(H,16,19)/t11-/m0/s1. The highest BCUT2D eigenvalue weighted by molar-refractivity contribution is 5.94. The lowest BCUT2D eigenvalue weighted by Crippen LogP contribution is -2.36. The van der Waals surface area contributed by atoms with Crippen LogP contribution in [0.25, 0.3) is 5.82 Å². The van der Waals surface area contributed by atoms with Gasteiger partial charge in [0.05, 0.1) is 18.2 Å². The number of nitrogens with one attached hydrogen (secondary N) is 1. The van der Waals surface area contributed by atoms with Crippen LogP contribution in [0, 0.1) is 0 Å². The first kappa shape index (κ1) is 13.2. The van der Waals surface area contributed by atoms with E-state index < -0.39 is 0 Å². The number of rotatable bonds is 5. The summed E-state index contributed by atoms with van der Waals surface area (Å²) < 4.78 is 1.75. The fourth-order valence-electron chi connectivity index (χ4n) is 1.61. The summed E-state index contributed by atoms with van der Waals surface area (Å²) >= 11 is 0. The fourth-order valence-corrected chi connectivity index (χ4v) is 1.61. The maximum atomic E-state index is 11.9. The number of aliphatic hydroxyl groups is 1. The number of pyridine rings is 1. The average Bonchev–Trinajstić information content (AvgIpc) is 2.99. The quantitative estimate of drug-likeness (QED) is 0.832. The van der Waals surface area contributed by atoms with E-state index in [2.05, 4.69) is 15.3 Å². The van der Waals surface area contributed by atoms with Crippen LogP contribution < -0.4 is 5.32 Å². The smallest absolute Gasteiger partial charge is 0.253 e. The minimum Gasteiger partial charge on any atom is -0.394 e. The van der Waals surface area contributed by atoms with Gasteiger partial charge in [-0.25, -0.2) is 9.97 Å². The van der Waals surface area contributed by atoms with Crippen LogP contribution in [0.4, 0.5) is 0 Å². The number of nitrogens with zero attached hydrogens (tertiary/aromatic N) is 3. The SMILES string of the molecule is CC[C@@H](CO)NC(=O)c1ccc(-n2ccnc2)nc1. The second kappa shape index (κ2) is 6.10. The average molecular weight is 260 g/mol. The van der Waals surface area contributed by atoms with Gasteiger partial charge in [-0.15, -0.1) is 0 Å². The molecule has 1 atom stereocenters. The molecule has 0 saturated heterocycles. The number of imidazole rings is 1. The van der Waals surface area contributed by atoms with E-state index in [1.807, 2.05) is 6.92 Å². The van der Waals surface area contributed by atoms with Crippen LogP contribution >= 0.6 is 0 Å². The van der Waals surface area contributed by atoms with E-state index in [0.717, 1.165) is 0 Å². The van der Waals surface area contributed by atoms with Crippen LogP contribution in [0.2, 0.25) is 0 Å². The van der Waals surface area contributed by atoms with Crippen molar-refractivity contribution in [1.29, 1.82) is 0 Å². The Hall–Kier alpha value is -2.21. The normalized spacial score (nSPS) is 12.1. The molecule has 0 aliphatic heterocycles. The van der Waals surface area contributed by atoms with Crippen LogP contribution in [-0.2, 0) is 0 Å². The maximum Gasteiger partial charge on any atom is 0.253 e. The first-order valence-corrected chi connectivity index (χ1v) is 6.10. The van der Waals surface area contributed by atoms with Gasteiger partial charge in [0, 0.05) is 18.6 Å². The molecule has 2 N–H and O–H groups in total. The Morgan fingerprint density at radius 1 is 1.53 bits per heavy atom. The third-order valence-corrected chi connectivity index (χ3v) is 2.83. The van der Waals surface area contributed by atoms with Crippen molar-refractivity contribution >= 4 is 5.91 Å². The summed E-state index contributed by atoms with van der Waals surface area (Å²) in [5.74, 6) is 0.467. The second-order valence-electron chi connectivity index (χ2n) is 4.14. The highest BCUT2D eigenvalue weighted by atomic mass is 16.3. The number of hydrogen-bond donors (Lipinski definition) is 2. The number of carbonyl (C=O) groups is 1. The molecule has 6 nitrogen and oxygen atoms in total. The minimum absolute atomic E-state index is 0.0667. The first-order valence-electron chi connectivity index (χ1n) is 6.10. The van der Waals surface area contributed by atoms with Gasteiger partial charge in [-0.05, 0) is 18.6 Å². The molecule has 0 unspecified atom stereocenters. The molecule has 0 bridgehead atoms. The van der Waals surface area contributed by atoms with Crippen molar-refractivity contribution in [2.75, 3.05) is 6.61 Å². The van der Waals surface area contributed by atoms with Crippen LogP contribution in [-0.4, -0.2) is 38.2 Å². The van der Waals surface area contributed by atoms with Crippen molar-refractivity contribution in [2.45, 2.75) is 19.4 Å². The monoisotopic (exact) mass is 260 g/mol. The van der Waals surface area contributed by atoms with Crippen molar-refractivity contribution in [3.63, 3.8) is 0 Å². The zero-order valence-electron chi connectivity index (χ0n) is 10.7. The van der Waals surface area contributed by atoms with Crippen LogP contribution in [0.15, 0.2) is 37.1 Å². The molecule has 0 spiro atoms. The number of amides is 1. The summed E-state index contributed by atoms with van der Waals surface area (Å²) in [6.07, 6.45) is 7.27. The molecule has 1 amide bonds. The number of aliphatic hydroxyl groups excluding tert-OH is 1. The summed E-state index contributed by atoms with van der Waals surface area (Å²) in [7, 11) is 0. The summed E-state index contributed by atoms with van der Waals surface area (Å²) in [5, 5.41) is 11.8. The van der Waals surface area contributed by atoms with Crippen molar-refractivity contribution in [2.24, 2.45) is 0 Å². The molecule has 0 aliphatic rings. The van der Waals surface area contributed by atoms with Gasteiger partial charge in [0.15, 0.2) is 0 Å². The van der Waals surface area contributed by atoms with Crippen LogP contribution in [0.1, 0.15) is 23.7 Å². The molecule has 2 aromatic heterocycles. The van der Waals surface area contributed by atoms with Gasteiger partial charge >= 0.3 is 0 Å². The van der Waals surface area contributed by atoms with E-state index in [1.54, 1.807) is 35.4 Å². The van der Waals surface area contributed by atoms with Crippen molar-refractivity contribution in [3.05, 3.63) is 42.6 Å². The molecular weight excluding hydrogens is 244 g/mol. The Bertz CT molecular complexity index is 518. The van der Waals surface area contributed by atoms with E-state index in [0.29, 0.717) is 17.8 Å². The molecule has 0 radical (unpaired) electrons. The molecule has 0 saturated carbocycles. The molecule has 100 valence electrons. The zero-order chi connectivity index (χ0) is 13.7. The van der Waals surface area contributed by atoms with Gasteiger partial charge in [-0.1, -0.05) is 6.92 Å². The summed E-state index contributed by atoms with van der Waals surface area (Å²) in [6, 6.07) is 3.22. The minimum atomic E-state index is -0.231. The van der Waals surface area contributed by atoms with Crippen molar-refractivity contribution < 1.29 is 9.90 Å². The van der Waals surface area contributed by atoms with Gasteiger partial charge in [-0.2, -0.15) is 0 Å². The topological polar surface area (TPSA) is 80.0 Å². The Kier molecular flexibility index (Phi) is 4.25. The Morgan fingerprint density at radius 3 is 2.89 bits per heavy atom. The van der Waals surface area contributed by atoms with Gasteiger partial charge < -0.3 is 10.4 Å². The maximum absolute atomic E-state index is 11.9. The molecule has 2 rings (SSSR count). The molecule has 2 heterocycles. The molecule has 2 aromatic rings. The highest BCUT2D eigenvalue weighted by Crippen LogP contribution is 2.06. The number of carbonyl (C=O) groups excluding carboxylic acids is 1. The third kappa shape index (κ3) is 3.17. The molecule has 0 fully saturated rings. The summed E-state index contributed by atoms with van der Waals surface area (Å²) in [6.45, 7) is 1.84. The van der Waals surface area contributed by atoms with E-state index in [9.17, 15) is 4.79 Å². The van der Waals surface area contributed by atoms with Gasteiger partial charge in [-0.3, -0.25) is 9.36 Å². The molecule has 0 aliphatic carbocycles. The third-order valence-electron chi connectivity index (χ3n) is 2.83. The van der Waals surface area contributed by atoms with Crippen molar-refractivity contribution in [3.8, 4) is 5.82 Å². The van der Waals surface area contributed by atoms with Crippen molar-refractivity contribution in [1.82, 2.24) is 19.9 Å². The lowest BCUT2D eigenvalue weighted by Gasteiger charge is -2.13. The first-order chi connectivity index (χ1) is 9.24. The lowest BCUT2D eigenvalue weighted by molar-refractivity contribution is 0.0914. The summed E-state index contributed by atoms with van der Waals surface area (Å²) in [4.78, 5) is 20.0.